The van der Waals surface area contributed by atoms with Gasteiger partial charge in [-0.3, -0.25) is 19.7 Å². The second kappa shape index (κ2) is 10.0. The number of amides is 1. The van der Waals surface area contributed by atoms with Gasteiger partial charge in [0.15, 0.2) is 11.5 Å². The van der Waals surface area contributed by atoms with E-state index in [0.29, 0.717) is 11.5 Å². The Balaban J connectivity index is 1.64. The molecular weight excluding hydrogens is 454 g/mol. The summed E-state index contributed by atoms with van der Waals surface area (Å²) in [5.74, 6) is -0.930. The Morgan fingerprint density at radius 1 is 1.15 bits per heavy atom. The van der Waals surface area contributed by atoms with E-state index in [-0.39, 0.29) is 68.1 Å². The fourth-order valence-electron chi connectivity index (χ4n) is 4.62. The normalized spacial score (nSPS) is 24.0. The van der Waals surface area contributed by atoms with Crippen molar-refractivity contribution < 1.29 is 32.4 Å². The van der Waals surface area contributed by atoms with Crippen LogP contribution in [0.15, 0.2) is 23.1 Å². The zero-order chi connectivity index (χ0) is 24.3. The third kappa shape index (κ3) is 5.27. The van der Waals surface area contributed by atoms with Gasteiger partial charge in [-0.1, -0.05) is 6.92 Å². The van der Waals surface area contributed by atoms with Crippen molar-refractivity contribution in [1.82, 2.24) is 9.21 Å². The average Bonchev–Trinajstić information content (AvgIpc) is 3.05. The van der Waals surface area contributed by atoms with Gasteiger partial charge < -0.3 is 14.4 Å². The first kappa shape index (κ1) is 24.9. The summed E-state index contributed by atoms with van der Waals surface area (Å²) in [5, 5.41) is 11.0. The lowest BCUT2D eigenvalue weighted by atomic mass is 9.87. The predicted octanol–water partition coefficient (Wildman–Crippen LogP) is 1.04. The van der Waals surface area contributed by atoms with E-state index >= 15 is 0 Å². The van der Waals surface area contributed by atoms with E-state index in [4.69, 9.17) is 9.47 Å². The van der Waals surface area contributed by atoms with E-state index in [1.165, 1.54) is 41.6 Å². The average molecular weight is 484 g/mol. The largest absolute Gasteiger partial charge is 0.493 e. The number of ketones is 1. The highest BCUT2D eigenvalue weighted by Gasteiger charge is 2.44. The van der Waals surface area contributed by atoms with E-state index in [9.17, 15) is 28.1 Å². The van der Waals surface area contributed by atoms with Crippen molar-refractivity contribution in [2.24, 2.45) is 17.8 Å². The zero-order valence-electron chi connectivity index (χ0n) is 18.9. The summed E-state index contributed by atoms with van der Waals surface area (Å²) in [7, 11) is -0.917. The van der Waals surface area contributed by atoms with Crippen LogP contribution in [0.4, 0.5) is 0 Å². The maximum absolute atomic E-state index is 13.1. The number of Topliss-reactive ketones (excluding diaryl/α,β-unsaturated/α-hetero) is 1. The highest BCUT2D eigenvalue weighted by molar-refractivity contribution is 7.89. The highest BCUT2D eigenvalue weighted by Crippen LogP contribution is 2.37. The van der Waals surface area contributed by atoms with Crippen LogP contribution in [0.2, 0.25) is 0 Å². The summed E-state index contributed by atoms with van der Waals surface area (Å²) < 4.78 is 37.7. The minimum Gasteiger partial charge on any atom is -0.493 e. The van der Waals surface area contributed by atoms with Crippen molar-refractivity contribution >= 4 is 21.7 Å². The molecule has 0 bridgehead atoms. The Bertz CT molecular complexity index is 1020. The van der Waals surface area contributed by atoms with Crippen LogP contribution in [0.1, 0.15) is 19.8 Å². The van der Waals surface area contributed by atoms with Gasteiger partial charge >= 0.3 is 0 Å². The SMILES string of the molecule is COc1ccc(S(=O)(=O)N2CCN(C(=O)C[C@@H]3C(=O)C[C@H](C)[C@@H]3C[N+](=O)[O-])CC2)cc1OC. The van der Waals surface area contributed by atoms with Crippen LogP contribution in [0.5, 0.6) is 11.5 Å². The molecule has 12 heteroatoms. The summed E-state index contributed by atoms with van der Waals surface area (Å²) in [6.07, 6.45) is 0.165. The standard InChI is InChI=1S/C21H29N3O8S/c1-14-10-18(25)16(17(14)13-24(27)28)12-21(26)22-6-8-23(9-7-22)33(29,30)15-4-5-19(31-2)20(11-15)32-3/h4-5,11,14,16-17H,6-10,12-13H2,1-3H3/t14-,16-,17-/m0/s1. The van der Waals surface area contributed by atoms with Crippen molar-refractivity contribution in [2.75, 3.05) is 46.9 Å². The van der Waals surface area contributed by atoms with E-state index in [2.05, 4.69) is 0 Å². The van der Waals surface area contributed by atoms with Crippen molar-refractivity contribution in [3.8, 4) is 11.5 Å². The maximum atomic E-state index is 13.1. The quantitative estimate of drug-likeness (QED) is 0.395. The summed E-state index contributed by atoms with van der Waals surface area (Å²) in [6.45, 7) is 2.05. The van der Waals surface area contributed by atoms with Gasteiger partial charge in [-0.25, -0.2) is 8.42 Å². The lowest BCUT2D eigenvalue weighted by molar-refractivity contribution is -0.490. The Hall–Kier alpha value is -2.73. The number of methoxy groups -OCH3 is 2. The number of benzene rings is 1. The van der Waals surface area contributed by atoms with Gasteiger partial charge in [0.1, 0.15) is 5.78 Å². The van der Waals surface area contributed by atoms with Gasteiger partial charge in [0.05, 0.1) is 19.1 Å². The van der Waals surface area contributed by atoms with Crippen molar-refractivity contribution in [3.63, 3.8) is 0 Å². The number of rotatable bonds is 8. The van der Waals surface area contributed by atoms with Crippen LogP contribution >= 0.6 is 0 Å². The molecule has 0 spiro atoms. The number of piperazine rings is 1. The van der Waals surface area contributed by atoms with Crippen LogP contribution in [0, 0.1) is 27.9 Å². The topological polar surface area (TPSA) is 136 Å². The summed E-state index contributed by atoms with van der Waals surface area (Å²) >= 11 is 0. The summed E-state index contributed by atoms with van der Waals surface area (Å²) in [4.78, 5) is 37.3. The molecule has 1 heterocycles. The van der Waals surface area contributed by atoms with Crippen molar-refractivity contribution in [2.45, 2.75) is 24.7 Å². The smallest absolute Gasteiger partial charge is 0.243 e. The molecule has 0 unspecified atom stereocenters. The first-order chi connectivity index (χ1) is 15.6. The fraction of sp³-hybridized carbons (Fsp3) is 0.619. The van der Waals surface area contributed by atoms with Crippen molar-refractivity contribution in [3.05, 3.63) is 28.3 Å². The molecule has 11 nitrogen and oxygen atoms in total. The molecule has 33 heavy (non-hydrogen) atoms. The molecule has 0 aromatic heterocycles. The number of ether oxygens (including phenoxy) is 2. The third-order valence-electron chi connectivity index (χ3n) is 6.52. The Morgan fingerprint density at radius 3 is 2.36 bits per heavy atom. The lowest BCUT2D eigenvalue weighted by Gasteiger charge is -2.34. The highest BCUT2D eigenvalue weighted by atomic mass is 32.2. The molecule has 1 amide bonds. The zero-order valence-corrected chi connectivity index (χ0v) is 19.7. The Kier molecular flexibility index (Phi) is 7.58. The molecule has 182 valence electrons. The van der Waals surface area contributed by atoms with Crippen LogP contribution in [-0.4, -0.2) is 81.2 Å². The molecule has 1 aliphatic heterocycles. The van der Waals surface area contributed by atoms with Gasteiger partial charge in [-0.2, -0.15) is 4.31 Å². The van der Waals surface area contributed by atoms with E-state index in [1.54, 1.807) is 6.92 Å². The summed E-state index contributed by atoms with van der Waals surface area (Å²) in [5.41, 5.74) is 0. The molecule has 1 aromatic rings. The second-order valence-electron chi connectivity index (χ2n) is 8.44. The number of carbonyl (C=O) groups excluding carboxylic acids is 2. The molecule has 2 aliphatic rings. The number of nitrogens with zero attached hydrogens (tertiary/aromatic N) is 3. The van der Waals surface area contributed by atoms with Crippen molar-refractivity contribution in [1.29, 1.82) is 0 Å². The van der Waals surface area contributed by atoms with Crippen LogP contribution < -0.4 is 9.47 Å². The van der Waals surface area contributed by atoms with E-state index in [1.807, 2.05) is 0 Å². The summed E-state index contributed by atoms with van der Waals surface area (Å²) in [6, 6.07) is 4.36. The van der Waals surface area contributed by atoms with Crippen LogP contribution in [-0.2, 0) is 19.6 Å². The lowest BCUT2D eigenvalue weighted by Crippen LogP contribution is -2.51. The minimum absolute atomic E-state index is 0.0630. The molecule has 0 radical (unpaired) electrons. The molecule has 2 fully saturated rings. The van der Waals surface area contributed by atoms with E-state index < -0.39 is 26.8 Å². The second-order valence-corrected chi connectivity index (χ2v) is 10.4. The number of sulfonamides is 1. The molecular formula is C21H29N3O8S. The number of nitro groups is 1. The third-order valence-corrected chi connectivity index (χ3v) is 8.42. The molecule has 3 rings (SSSR count). The fourth-order valence-corrected chi connectivity index (χ4v) is 6.06. The van der Waals surface area contributed by atoms with Crippen LogP contribution in [0.3, 0.4) is 0 Å². The molecule has 1 aromatic carbocycles. The first-order valence-electron chi connectivity index (χ1n) is 10.7. The van der Waals surface area contributed by atoms with Gasteiger partial charge in [-0.05, 0) is 18.1 Å². The maximum Gasteiger partial charge on any atom is 0.243 e. The molecule has 3 atom stereocenters. The van der Waals surface area contributed by atoms with Gasteiger partial charge in [0, 0.05) is 61.8 Å². The molecule has 1 saturated carbocycles. The monoisotopic (exact) mass is 483 g/mol. The molecule has 0 N–H and O–H groups in total. The number of hydrogen-bond acceptors (Lipinski definition) is 8. The first-order valence-corrected chi connectivity index (χ1v) is 12.2. The molecule has 1 saturated heterocycles. The Labute approximate surface area is 192 Å². The molecule has 1 aliphatic carbocycles. The van der Waals surface area contributed by atoms with E-state index in [0.717, 1.165) is 0 Å². The Morgan fingerprint density at radius 2 is 1.79 bits per heavy atom. The van der Waals surface area contributed by atoms with Gasteiger partial charge in [0.25, 0.3) is 0 Å². The number of hydrogen-bond donors (Lipinski definition) is 0. The van der Waals surface area contributed by atoms with Crippen LogP contribution in [0.25, 0.3) is 0 Å². The van der Waals surface area contributed by atoms with Gasteiger partial charge in [0.2, 0.25) is 22.5 Å². The minimum atomic E-state index is -3.80. The number of carbonyl (C=O) groups is 2. The predicted molar refractivity (Wildman–Crippen MR) is 117 cm³/mol. The van der Waals surface area contributed by atoms with Gasteiger partial charge in [-0.15, -0.1) is 0 Å².